The van der Waals surface area contributed by atoms with Crippen molar-refractivity contribution in [2.75, 3.05) is 34.9 Å². The summed E-state index contributed by atoms with van der Waals surface area (Å²) in [4.78, 5) is 81.9. The van der Waals surface area contributed by atoms with E-state index in [1.165, 1.54) is 40.2 Å². The van der Waals surface area contributed by atoms with Gasteiger partial charge in [0.1, 0.15) is 47.9 Å². The summed E-state index contributed by atoms with van der Waals surface area (Å²) < 4.78 is 27.2. The fourth-order valence-electron chi connectivity index (χ4n) is 6.49. The van der Waals surface area contributed by atoms with Gasteiger partial charge in [-0.15, -0.1) is 0 Å². The molecular formula is C43H55N5O11. The van der Waals surface area contributed by atoms with E-state index in [2.05, 4.69) is 21.3 Å². The molecule has 318 valence electrons. The lowest BCUT2D eigenvalue weighted by Gasteiger charge is -2.32. The normalized spacial score (nSPS) is 17.1. The molecule has 16 nitrogen and oxygen atoms in total. The molecule has 4 N–H and O–H groups in total. The summed E-state index contributed by atoms with van der Waals surface area (Å²) in [6.07, 6.45) is -0.459. The molecule has 59 heavy (non-hydrogen) atoms. The predicted octanol–water partition coefficient (Wildman–Crippen LogP) is 4.58. The number of nitrogens with zero attached hydrogens (tertiary/aromatic N) is 1. The second-order valence-corrected chi connectivity index (χ2v) is 15.0. The van der Waals surface area contributed by atoms with Crippen LogP contribution in [0, 0.1) is 0 Å². The Balaban J connectivity index is 1.72. The van der Waals surface area contributed by atoms with Crippen molar-refractivity contribution in [3.63, 3.8) is 0 Å². The van der Waals surface area contributed by atoms with Crippen LogP contribution in [-0.2, 0) is 46.4 Å². The van der Waals surface area contributed by atoms with E-state index in [0.29, 0.717) is 46.6 Å². The van der Waals surface area contributed by atoms with Crippen LogP contribution in [0.5, 0.6) is 11.5 Å². The molecular weight excluding hydrogens is 762 g/mol. The third-order valence-electron chi connectivity index (χ3n) is 9.46. The number of nitrogens with one attached hydrogen (secondary N) is 4. The number of ether oxygens (including phenoxy) is 5. The number of alkyl carbamates (subject to hydrolysis) is 2. The van der Waals surface area contributed by atoms with Crippen LogP contribution in [0.25, 0.3) is 11.1 Å². The van der Waals surface area contributed by atoms with Crippen molar-refractivity contribution in [3.8, 4) is 22.6 Å². The number of methoxy groups -OCH3 is 3. The van der Waals surface area contributed by atoms with E-state index in [0.717, 1.165) is 5.56 Å². The third kappa shape index (κ3) is 12.8. The van der Waals surface area contributed by atoms with Gasteiger partial charge in [-0.25, -0.2) is 14.4 Å². The molecule has 0 fully saturated rings. The lowest BCUT2D eigenvalue weighted by Crippen LogP contribution is -2.55. The molecule has 1 aliphatic heterocycles. The van der Waals surface area contributed by atoms with Gasteiger partial charge in [-0.2, -0.15) is 0 Å². The average Bonchev–Trinajstić information content (AvgIpc) is 3.20. The smallest absolute Gasteiger partial charge is 0.408 e. The Labute approximate surface area is 344 Å². The highest BCUT2D eigenvalue weighted by atomic mass is 16.6. The lowest BCUT2D eigenvalue weighted by atomic mass is 9.93. The Kier molecular flexibility index (Phi) is 16.1. The van der Waals surface area contributed by atoms with E-state index >= 15 is 0 Å². The second kappa shape index (κ2) is 20.9. The molecule has 4 bridgehead atoms. The molecule has 4 rings (SSSR count). The van der Waals surface area contributed by atoms with Crippen LogP contribution in [0.1, 0.15) is 69.7 Å². The highest BCUT2D eigenvalue weighted by Gasteiger charge is 2.36. The van der Waals surface area contributed by atoms with Crippen molar-refractivity contribution in [2.24, 2.45) is 0 Å². The van der Waals surface area contributed by atoms with Gasteiger partial charge in [-0.1, -0.05) is 42.5 Å². The van der Waals surface area contributed by atoms with E-state index in [9.17, 15) is 28.8 Å². The molecule has 5 amide bonds. The number of amides is 5. The van der Waals surface area contributed by atoms with Crippen molar-refractivity contribution in [3.05, 3.63) is 83.4 Å². The molecule has 3 aromatic rings. The van der Waals surface area contributed by atoms with E-state index in [-0.39, 0.29) is 26.0 Å². The standard InChI is InChI=1S/C43H55N5O11/c1-26-37(49)46-33(40(52)57-8)23-28-17-19-34(55-6)30(22-28)31-24-29(18-20-35(31)56-7)36(38(50)45-26)48(5)39(51)32(16-12-13-21-44-41(53)59-43(2,3)4)47-42(54)58-25-27-14-10-9-11-15-27/h9-11,14-15,17-20,22,24,26,32-33,36H,12-13,16,21,23,25H2,1-8H3,(H,44,53)(H,45,50)(H,46,49)(H,47,54)/t26-,32-,33?,36-/m0/s1. The van der Waals surface area contributed by atoms with E-state index < -0.39 is 65.6 Å². The highest BCUT2D eigenvalue weighted by Crippen LogP contribution is 2.40. The predicted molar refractivity (Wildman–Crippen MR) is 217 cm³/mol. The van der Waals surface area contributed by atoms with Crippen LogP contribution in [0.4, 0.5) is 9.59 Å². The van der Waals surface area contributed by atoms with Crippen molar-refractivity contribution < 1.29 is 52.5 Å². The maximum absolute atomic E-state index is 14.6. The SMILES string of the molecule is COC(=O)C1Cc2ccc(OC)c(c2)-c2cc(ccc2OC)[C@H](N(C)C(=O)[C@H](CCCCNC(=O)OC(C)(C)C)NC(=O)OCc2ccccc2)C(=O)N[C@@H](C)C(=O)N1. The molecule has 1 unspecified atom stereocenters. The monoisotopic (exact) mass is 817 g/mol. The van der Waals surface area contributed by atoms with Gasteiger partial charge in [0.05, 0.1) is 21.3 Å². The molecule has 0 spiro atoms. The van der Waals surface area contributed by atoms with Crippen LogP contribution in [0.2, 0.25) is 0 Å². The Morgan fingerprint density at radius 3 is 2.15 bits per heavy atom. The summed E-state index contributed by atoms with van der Waals surface area (Å²) in [6.45, 7) is 6.91. The Morgan fingerprint density at radius 1 is 0.847 bits per heavy atom. The number of likely N-dealkylation sites (N-methyl/N-ethyl adjacent to an activating group) is 1. The molecule has 3 aromatic carbocycles. The average molecular weight is 818 g/mol. The van der Waals surface area contributed by atoms with Crippen molar-refractivity contribution in [1.82, 2.24) is 26.2 Å². The first-order valence-corrected chi connectivity index (χ1v) is 19.3. The van der Waals surface area contributed by atoms with Gasteiger partial charge in [0, 0.05) is 31.1 Å². The number of carbonyl (C=O) groups is 6. The Hall–Kier alpha value is -6.32. The number of benzene rings is 3. The van der Waals surface area contributed by atoms with Crippen LogP contribution < -0.4 is 30.7 Å². The molecule has 1 aliphatic rings. The fraction of sp³-hybridized carbons (Fsp3) is 0.442. The van der Waals surface area contributed by atoms with Gasteiger partial charge >= 0.3 is 18.2 Å². The maximum atomic E-state index is 14.6. The Bertz CT molecular complexity index is 1970. The summed E-state index contributed by atoms with van der Waals surface area (Å²) in [5, 5.41) is 10.7. The first kappa shape index (κ1) is 45.4. The zero-order chi connectivity index (χ0) is 43.3. The highest BCUT2D eigenvalue weighted by molar-refractivity contribution is 5.95. The van der Waals surface area contributed by atoms with Crippen molar-refractivity contribution in [2.45, 2.75) is 89.8 Å². The number of fused-ring (bicyclic) bond motifs is 5. The van der Waals surface area contributed by atoms with Crippen molar-refractivity contribution >= 4 is 35.9 Å². The summed E-state index contributed by atoms with van der Waals surface area (Å²) in [5.74, 6) is -1.83. The first-order valence-electron chi connectivity index (χ1n) is 19.3. The fourth-order valence-corrected chi connectivity index (χ4v) is 6.49. The number of esters is 1. The number of hydrogen-bond acceptors (Lipinski definition) is 11. The van der Waals surface area contributed by atoms with Crippen LogP contribution in [0.3, 0.4) is 0 Å². The molecule has 0 saturated heterocycles. The zero-order valence-corrected chi connectivity index (χ0v) is 34.8. The van der Waals surface area contributed by atoms with Gasteiger partial charge in [0.15, 0.2) is 0 Å². The molecule has 0 saturated carbocycles. The second-order valence-electron chi connectivity index (χ2n) is 15.0. The largest absolute Gasteiger partial charge is 0.496 e. The van der Waals surface area contributed by atoms with E-state index in [1.807, 2.05) is 6.07 Å². The van der Waals surface area contributed by atoms with Crippen molar-refractivity contribution in [1.29, 1.82) is 0 Å². The minimum atomic E-state index is -1.35. The minimum Gasteiger partial charge on any atom is -0.496 e. The van der Waals surface area contributed by atoms with Gasteiger partial charge in [0.25, 0.3) is 0 Å². The van der Waals surface area contributed by atoms with E-state index in [4.69, 9.17) is 23.7 Å². The van der Waals surface area contributed by atoms with Gasteiger partial charge in [-0.05, 0) is 87.9 Å². The van der Waals surface area contributed by atoms with Gasteiger partial charge in [-0.3, -0.25) is 14.4 Å². The third-order valence-corrected chi connectivity index (χ3v) is 9.46. The molecule has 1 heterocycles. The zero-order valence-electron chi connectivity index (χ0n) is 34.8. The molecule has 0 aliphatic carbocycles. The number of hydrogen-bond donors (Lipinski definition) is 4. The molecule has 4 atom stereocenters. The molecule has 16 heteroatoms. The Morgan fingerprint density at radius 2 is 1.51 bits per heavy atom. The van der Waals surface area contributed by atoms with Crippen LogP contribution in [-0.4, -0.2) is 99.4 Å². The van der Waals surface area contributed by atoms with Gasteiger partial charge < -0.3 is 49.9 Å². The van der Waals surface area contributed by atoms with E-state index in [1.54, 1.807) is 81.4 Å². The summed E-state index contributed by atoms with van der Waals surface area (Å²) in [7, 11) is 5.63. The number of carbonyl (C=O) groups excluding carboxylic acids is 6. The van der Waals surface area contributed by atoms with Gasteiger partial charge in [0.2, 0.25) is 17.7 Å². The van der Waals surface area contributed by atoms with Crippen LogP contribution >= 0.6 is 0 Å². The lowest BCUT2D eigenvalue weighted by molar-refractivity contribution is -0.145. The summed E-state index contributed by atoms with van der Waals surface area (Å²) >= 11 is 0. The summed E-state index contributed by atoms with van der Waals surface area (Å²) in [5.41, 5.74) is 2.14. The topological polar surface area (TPSA) is 200 Å². The molecule has 0 aromatic heterocycles. The number of unbranched alkanes of at least 4 members (excludes halogenated alkanes) is 1. The molecule has 0 radical (unpaired) electrons. The summed E-state index contributed by atoms with van der Waals surface area (Å²) in [6, 6.07) is 14.5. The first-order chi connectivity index (χ1) is 28.0. The quantitative estimate of drug-likeness (QED) is 0.107. The minimum absolute atomic E-state index is 0.0513. The maximum Gasteiger partial charge on any atom is 0.408 e. The number of rotatable bonds is 13. The van der Waals surface area contributed by atoms with Crippen LogP contribution in [0.15, 0.2) is 66.7 Å².